The summed E-state index contributed by atoms with van der Waals surface area (Å²) in [5.41, 5.74) is 1.01. The zero-order valence-electron chi connectivity index (χ0n) is 17.1. The number of carbonyl (C=O) groups is 1. The zero-order valence-corrected chi connectivity index (χ0v) is 17.1. The van der Waals surface area contributed by atoms with Crippen molar-refractivity contribution in [2.24, 2.45) is 5.92 Å². The molecule has 30 heavy (non-hydrogen) atoms. The normalized spacial score (nSPS) is 24.5. The molecule has 0 amide bonds. The first-order valence-electron chi connectivity index (χ1n) is 9.93. The number of carbonyl (C=O) groups excluding carboxylic acids is 1. The molecule has 2 aromatic carbocycles. The molecule has 1 unspecified atom stereocenters. The van der Waals surface area contributed by atoms with Gasteiger partial charge in [-0.05, 0) is 37.1 Å². The molecule has 5 atom stereocenters. The van der Waals surface area contributed by atoms with E-state index >= 15 is 0 Å². The Morgan fingerprint density at radius 3 is 2.60 bits per heavy atom. The molecule has 1 aliphatic heterocycles. The molecule has 1 aliphatic rings. The summed E-state index contributed by atoms with van der Waals surface area (Å²) in [6.45, 7) is 3.26. The molecule has 3 N–H and O–H groups in total. The lowest BCUT2D eigenvalue weighted by Gasteiger charge is -2.22. The van der Waals surface area contributed by atoms with Crippen LogP contribution < -0.4 is 0 Å². The van der Waals surface area contributed by atoms with Crippen molar-refractivity contribution in [1.82, 2.24) is 5.06 Å². The van der Waals surface area contributed by atoms with Crippen molar-refractivity contribution in [1.29, 1.82) is 0 Å². The van der Waals surface area contributed by atoms with Crippen LogP contribution in [0.4, 0.5) is 0 Å². The number of hydrogen-bond donors (Lipinski definition) is 3. The summed E-state index contributed by atoms with van der Waals surface area (Å²) in [7, 11) is 0. The van der Waals surface area contributed by atoms with Crippen molar-refractivity contribution in [2.75, 3.05) is 6.61 Å². The van der Waals surface area contributed by atoms with Crippen LogP contribution in [0.3, 0.4) is 0 Å². The topological polar surface area (TPSA) is 90.2 Å². The van der Waals surface area contributed by atoms with Crippen LogP contribution in [-0.2, 0) is 21.8 Å². The molecule has 2 aromatic rings. The Balaban J connectivity index is 1.78. The summed E-state index contributed by atoms with van der Waals surface area (Å²) >= 11 is 0. The summed E-state index contributed by atoms with van der Waals surface area (Å²) in [5, 5.41) is 31.7. The van der Waals surface area contributed by atoms with Crippen LogP contribution >= 0.6 is 0 Å². The molecule has 0 aliphatic carbocycles. The molecule has 0 aromatic heterocycles. The number of rotatable bonds is 6. The first kappa shape index (κ1) is 22.2. The molecule has 6 heteroatoms. The Morgan fingerprint density at radius 2 is 1.97 bits per heavy atom. The number of hydrogen-bond acceptors (Lipinski definition) is 6. The molecule has 158 valence electrons. The van der Waals surface area contributed by atoms with Crippen LogP contribution in [-0.4, -0.2) is 51.5 Å². The van der Waals surface area contributed by atoms with E-state index in [1.54, 1.807) is 13.8 Å². The second-order valence-electron chi connectivity index (χ2n) is 7.73. The number of aldehydes is 1. The van der Waals surface area contributed by atoms with E-state index < -0.39 is 29.8 Å². The van der Waals surface area contributed by atoms with Crippen molar-refractivity contribution in [3.8, 4) is 11.8 Å². The quantitative estimate of drug-likeness (QED) is 0.496. The SMILES string of the molecule is C[C@@H](O)[C@H]1[C@@H](CO)ON(Cc2cccc(C#CC(C)(O)c3ccccc3)c2)[C@H]1C=O. The molecule has 1 saturated heterocycles. The van der Waals surface area contributed by atoms with Gasteiger partial charge in [0.1, 0.15) is 18.0 Å². The van der Waals surface area contributed by atoms with E-state index in [2.05, 4.69) is 11.8 Å². The van der Waals surface area contributed by atoms with Crippen LogP contribution in [0, 0.1) is 17.8 Å². The Bertz CT molecular complexity index is 916. The fourth-order valence-electron chi connectivity index (χ4n) is 3.73. The van der Waals surface area contributed by atoms with Crippen LogP contribution in [0.5, 0.6) is 0 Å². The maximum atomic E-state index is 11.6. The maximum absolute atomic E-state index is 11.6. The van der Waals surface area contributed by atoms with Gasteiger partial charge in [-0.15, -0.1) is 0 Å². The first-order chi connectivity index (χ1) is 14.4. The van der Waals surface area contributed by atoms with E-state index in [0.717, 1.165) is 17.4 Å². The molecule has 0 bridgehead atoms. The molecule has 0 spiro atoms. The maximum Gasteiger partial charge on any atom is 0.148 e. The van der Waals surface area contributed by atoms with Gasteiger partial charge in [0.15, 0.2) is 0 Å². The second kappa shape index (κ2) is 9.52. The van der Waals surface area contributed by atoms with Gasteiger partial charge in [0.25, 0.3) is 0 Å². The summed E-state index contributed by atoms with van der Waals surface area (Å²) in [5.74, 6) is 5.42. The molecule has 0 saturated carbocycles. The molecule has 1 fully saturated rings. The lowest BCUT2D eigenvalue weighted by atomic mass is 9.91. The minimum atomic E-state index is -1.28. The summed E-state index contributed by atoms with van der Waals surface area (Å²) < 4.78 is 0. The number of aliphatic hydroxyl groups is 3. The van der Waals surface area contributed by atoms with E-state index in [1.165, 1.54) is 5.06 Å². The predicted octanol–water partition coefficient (Wildman–Crippen LogP) is 1.62. The van der Waals surface area contributed by atoms with Crippen molar-refractivity contribution in [2.45, 2.75) is 44.2 Å². The number of aliphatic hydroxyl groups excluding tert-OH is 2. The average Bonchev–Trinajstić information content (AvgIpc) is 3.11. The van der Waals surface area contributed by atoms with Gasteiger partial charge in [0, 0.05) is 18.0 Å². The van der Waals surface area contributed by atoms with E-state index in [1.807, 2.05) is 54.6 Å². The highest BCUT2D eigenvalue weighted by Crippen LogP contribution is 2.30. The van der Waals surface area contributed by atoms with Gasteiger partial charge in [-0.25, -0.2) is 0 Å². The fourth-order valence-corrected chi connectivity index (χ4v) is 3.73. The van der Waals surface area contributed by atoms with Crippen molar-refractivity contribution < 1.29 is 25.0 Å². The van der Waals surface area contributed by atoms with Crippen LogP contribution in [0.25, 0.3) is 0 Å². The van der Waals surface area contributed by atoms with Gasteiger partial charge in [-0.1, -0.05) is 54.3 Å². The smallest absolute Gasteiger partial charge is 0.148 e. The van der Waals surface area contributed by atoms with Crippen molar-refractivity contribution in [3.05, 3.63) is 71.3 Å². The highest BCUT2D eigenvalue weighted by atomic mass is 16.7. The molecule has 0 radical (unpaired) electrons. The molecule has 1 heterocycles. The molecular weight excluding hydrogens is 382 g/mol. The van der Waals surface area contributed by atoms with Gasteiger partial charge in [-0.3, -0.25) is 4.84 Å². The highest BCUT2D eigenvalue weighted by Gasteiger charge is 2.45. The standard InChI is InChI=1S/C24H27NO5/c1-17(28)23-21(15-26)25(30-22(23)16-27)14-19-8-6-7-18(13-19)11-12-24(2,29)20-9-4-3-5-10-20/h3-10,13,15,17,21-23,27-29H,14,16H2,1-2H3/t17-,21+,22-,23-,24?/m1/s1. The Hall–Kier alpha value is -2.53. The van der Waals surface area contributed by atoms with Crippen LogP contribution in [0.15, 0.2) is 54.6 Å². The number of nitrogens with zero attached hydrogens (tertiary/aromatic N) is 1. The van der Waals surface area contributed by atoms with Gasteiger partial charge in [-0.2, -0.15) is 5.06 Å². The van der Waals surface area contributed by atoms with Gasteiger partial charge in [0.05, 0.1) is 18.8 Å². The van der Waals surface area contributed by atoms with E-state index in [-0.39, 0.29) is 6.61 Å². The van der Waals surface area contributed by atoms with Crippen molar-refractivity contribution in [3.63, 3.8) is 0 Å². The average molecular weight is 409 g/mol. The van der Waals surface area contributed by atoms with Crippen molar-refractivity contribution >= 4 is 6.29 Å². The number of benzene rings is 2. The highest BCUT2D eigenvalue weighted by molar-refractivity contribution is 5.59. The monoisotopic (exact) mass is 409 g/mol. The van der Waals surface area contributed by atoms with Crippen LogP contribution in [0.2, 0.25) is 0 Å². The van der Waals surface area contributed by atoms with E-state index in [9.17, 15) is 20.1 Å². The van der Waals surface area contributed by atoms with Crippen LogP contribution in [0.1, 0.15) is 30.5 Å². The lowest BCUT2D eigenvalue weighted by Crippen LogP contribution is -2.39. The minimum Gasteiger partial charge on any atom is -0.394 e. The minimum absolute atomic E-state index is 0.281. The zero-order chi connectivity index (χ0) is 21.7. The Labute approximate surface area is 176 Å². The largest absolute Gasteiger partial charge is 0.394 e. The third kappa shape index (κ3) is 4.96. The second-order valence-corrected chi connectivity index (χ2v) is 7.73. The van der Waals surface area contributed by atoms with Gasteiger partial charge >= 0.3 is 0 Å². The van der Waals surface area contributed by atoms with Gasteiger partial charge < -0.3 is 20.1 Å². The summed E-state index contributed by atoms with van der Waals surface area (Å²) in [6.07, 6.45) is -0.683. The fraction of sp³-hybridized carbons (Fsp3) is 0.375. The predicted molar refractivity (Wildman–Crippen MR) is 112 cm³/mol. The van der Waals surface area contributed by atoms with E-state index in [4.69, 9.17) is 4.84 Å². The third-order valence-electron chi connectivity index (χ3n) is 5.35. The Kier molecular flexibility index (Phi) is 7.03. The molecule has 3 rings (SSSR count). The molecular formula is C24H27NO5. The third-order valence-corrected chi connectivity index (χ3v) is 5.35. The van der Waals surface area contributed by atoms with E-state index in [0.29, 0.717) is 12.1 Å². The first-order valence-corrected chi connectivity index (χ1v) is 9.93. The number of hydroxylamine groups is 2. The molecule has 6 nitrogen and oxygen atoms in total. The van der Waals surface area contributed by atoms with Gasteiger partial charge in [0.2, 0.25) is 0 Å². The lowest BCUT2D eigenvalue weighted by molar-refractivity contribution is -0.177. The summed E-state index contributed by atoms with van der Waals surface area (Å²) in [4.78, 5) is 17.4. The summed E-state index contributed by atoms with van der Waals surface area (Å²) in [6, 6.07) is 16.0. The Morgan fingerprint density at radius 1 is 1.23 bits per heavy atom.